The summed E-state index contributed by atoms with van der Waals surface area (Å²) in [7, 11) is 1.68. The molecule has 1 aromatic carbocycles. The topological polar surface area (TPSA) is 24.5 Å². The Labute approximate surface area is 131 Å². The number of anilines is 1. The van der Waals surface area contributed by atoms with E-state index < -0.39 is 0 Å². The van der Waals surface area contributed by atoms with Crippen molar-refractivity contribution in [1.82, 2.24) is 5.32 Å². The minimum Gasteiger partial charge on any atom is -0.383 e. The monoisotopic (exact) mass is 312 g/mol. The highest BCUT2D eigenvalue weighted by Gasteiger charge is 2.21. The molecule has 5 heteroatoms. The number of thioether (sulfide) groups is 1. The van der Waals surface area contributed by atoms with Gasteiger partial charge in [-0.2, -0.15) is 11.8 Å². The summed E-state index contributed by atoms with van der Waals surface area (Å²) in [4.78, 5) is 2.18. The van der Waals surface area contributed by atoms with Crippen LogP contribution in [0.3, 0.4) is 0 Å². The number of hydrogen-bond acceptors (Lipinski definition) is 4. The van der Waals surface area contributed by atoms with Gasteiger partial charge in [-0.3, -0.25) is 0 Å². The van der Waals surface area contributed by atoms with E-state index in [1.165, 1.54) is 0 Å². The van der Waals surface area contributed by atoms with E-state index in [1.54, 1.807) is 13.2 Å². The number of nitrogens with one attached hydrogen (secondary N) is 1. The molecule has 1 saturated heterocycles. The van der Waals surface area contributed by atoms with Crippen molar-refractivity contribution in [2.24, 2.45) is 0 Å². The number of nitrogens with zero attached hydrogens (tertiary/aromatic N) is 1. The van der Waals surface area contributed by atoms with E-state index in [0.29, 0.717) is 18.4 Å². The molecule has 0 amide bonds. The quantitative estimate of drug-likeness (QED) is 0.783. The van der Waals surface area contributed by atoms with Crippen LogP contribution in [0.1, 0.15) is 18.9 Å². The molecule has 0 bridgehead atoms. The zero-order valence-electron chi connectivity index (χ0n) is 12.9. The standard InChI is InChI=1S/C16H25FN2OS/c1-3-14-12-19(7-9-21-14)16-5-4-13(10-15(16)17)11-18-6-8-20-2/h4-5,10,14,18H,3,6-9,11-12H2,1-2H3. The van der Waals surface area contributed by atoms with Crippen LogP contribution in [0.5, 0.6) is 0 Å². The van der Waals surface area contributed by atoms with Crippen LogP contribution in [0.15, 0.2) is 18.2 Å². The van der Waals surface area contributed by atoms with Gasteiger partial charge in [0.15, 0.2) is 0 Å². The van der Waals surface area contributed by atoms with Crippen LogP contribution < -0.4 is 10.2 Å². The molecule has 1 fully saturated rings. The molecule has 2 rings (SSSR count). The summed E-state index contributed by atoms with van der Waals surface area (Å²) in [5.41, 5.74) is 1.72. The predicted molar refractivity (Wildman–Crippen MR) is 88.7 cm³/mol. The van der Waals surface area contributed by atoms with Gasteiger partial charge in [-0.25, -0.2) is 4.39 Å². The molecule has 1 aliphatic heterocycles. The fourth-order valence-corrected chi connectivity index (χ4v) is 3.69. The van der Waals surface area contributed by atoms with Crippen molar-refractivity contribution >= 4 is 17.4 Å². The summed E-state index contributed by atoms with van der Waals surface area (Å²) >= 11 is 2.00. The van der Waals surface area contributed by atoms with Crippen LogP contribution in [0, 0.1) is 5.82 Å². The molecule has 21 heavy (non-hydrogen) atoms. The minimum atomic E-state index is -0.109. The highest BCUT2D eigenvalue weighted by atomic mass is 32.2. The Morgan fingerprint density at radius 2 is 2.33 bits per heavy atom. The van der Waals surface area contributed by atoms with Gasteiger partial charge in [0.2, 0.25) is 0 Å². The third-order valence-electron chi connectivity index (χ3n) is 3.76. The summed E-state index contributed by atoms with van der Waals surface area (Å²) in [6, 6.07) is 5.59. The minimum absolute atomic E-state index is 0.109. The first-order valence-corrected chi connectivity index (χ1v) is 8.64. The van der Waals surface area contributed by atoms with Gasteiger partial charge in [-0.1, -0.05) is 13.0 Å². The van der Waals surface area contributed by atoms with Crippen molar-refractivity contribution < 1.29 is 9.13 Å². The van der Waals surface area contributed by atoms with Gasteiger partial charge in [0, 0.05) is 44.3 Å². The fourth-order valence-electron chi connectivity index (χ4n) is 2.51. The molecule has 3 nitrogen and oxygen atoms in total. The van der Waals surface area contributed by atoms with Crippen molar-refractivity contribution in [2.45, 2.75) is 25.1 Å². The maximum absolute atomic E-state index is 14.3. The Bertz CT molecular complexity index is 444. The second-order valence-electron chi connectivity index (χ2n) is 5.30. The number of methoxy groups -OCH3 is 1. The van der Waals surface area contributed by atoms with E-state index in [2.05, 4.69) is 17.1 Å². The van der Waals surface area contributed by atoms with Crippen molar-refractivity contribution in [3.8, 4) is 0 Å². The molecule has 1 atom stereocenters. The van der Waals surface area contributed by atoms with Gasteiger partial charge in [0.25, 0.3) is 0 Å². The average molecular weight is 312 g/mol. The third kappa shape index (κ3) is 4.87. The maximum Gasteiger partial charge on any atom is 0.146 e. The molecule has 1 unspecified atom stereocenters. The molecule has 1 N–H and O–H groups in total. The molecule has 0 saturated carbocycles. The Balaban J connectivity index is 1.95. The molecule has 0 aliphatic carbocycles. The summed E-state index contributed by atoms with van der Waals surface area (Å²) in [5, 5.41) is 3.86. The SMILES string of the molecule is CCC1CN(c2ccc(CNCCOC)cc2F)CCS1. The normalized spacial score (nSPS) is 19.0. The Morgan fingerprint density at radius 3 is 3.05 bits per heavy atom. The van der Waals surface area contributed by atoms with E-state index in [1.807, 2.05) is 23.9 Å². The molecule has 0 radical (unpaired) electrons. The summed E-state index contributed by atoms with van der Waals surface area (Å²) in [6.07, 6.45) is 1.14. The number of ether oxygens (including phenoxy) is 1. The fraction of sp³-hybridized carbons (Fsp3) is 0.625. The molecule has 1 heterocycles. The van der Waals surface area contributed by atoms with Gasteiger partial charge in [0.05, 0.1) is 12.3 Å². The van der Waals surface area contributed by atoms with Gasteiger partial charge in [0.1, 0.15) is 5.82 Å². The molecule has 1 aliphatic rings. The Kier molecular flexibility index (Phi) is 6.80. The lowest BCUT2D eigenvalue weighted by Gasteiger charge is -2.34. The van der Waals surface area contributed by atoms with Crippen LogP contribution in [-0.2, 0) is 11.3 Å². The predicted octanol–water partition coefficient (Wildman–Crippen LogP) is 2.89. The zero-order valence-corrected chi connectivity index (χ0v) is 13.7. The van der Waals surface area contributed by atoms with Crippen LogP contribution in [0.2, 0.25) is 0 Å². The molecular weight excluding hydrogens is 287 g/mol. The van der Waals surface area contributed by atoms with Crippen LogP contribution in [0.4, 0.5) is 10.1 Å². The Hall–Kier alpha value is -0.780. The second-order valence-corrected chi connectivity index (χ2v) is 6.71. The lowest BCUT2D eigenvalue weighted by molar-refractivity contribution is 0.199. The molecular formula is C16H25FN2OS. The number of benzene rings is 1. The van der Waals surface area contributed by atoms with E-state index in [0.717, 1.165) is 43.1 Å². The van der Waals surface area contributed by atoms with Crippen molar-refractivity contribution in [3.05, 3.63) is 29.6 Å². The lowest BCUT2D eigenvalue weighted by atomic mass is 10.1. The van der Waals surface area contributed by atoms with Crippen molar-refractivity contribution in [1.29, 1.82) is 0 Å². The van der Waals surface area contributed by atoms with Crippen LogP contribution in [-0.4, -0.2) is 44.4 Å². The van der Waals surface area contributed by atoms with Crippen molar-refractivity contribution in [2.75, 3.05) is 44.0 Å². The smallest absolute Gasteiger partial charge is 0.146 e. The van der Waals surface area contributed by atoms with Crippen LogP contribution in [0.25, 0.3) is 0 Å². The van der Waals surface area contributed by atoms with Crippen molar-refractivity contribution in [3.63, 3.8) is 0 Å². The largest absolute Gasteiger partial charge is 0.383 e. The average Bonchev–Trinajstić information content (AvgIpc) is 2.52. The first-order chi connectivity index (χ1) is 10.2. The highest BCUT2D eigenvalue weighted by molar-refractivity contribution is 8.00. The third-order valence-corrected chi connectivity index (χ3v) is 5.13. The maximum atomic E-state index is 14.3. The van der Waals surface area contributed by atoms with Gasteiger partial charge in [-0.15, -0.1) is 0 Å². The van der Waals surface area contributed by atoms with E-state index in [4.69, 9.17) is 4.74 Å². The summed E-state index contributed by atoms with van der Waals surface area (Å²) in [5.74, 6) is 0.973. The van der Waals surface area contributed by atoms with E-state index in [9.17, 15) is 4.39 Å². The number of rotatable bonds is 7. The number of hydrogen-bond donors (Lipinski definition) is 1. The van der Waals surface area contributed by atoms with E-state index in [-0.39, 0.29) is 5.82 Å². The molecule has 118 valence electrons. The molecule has 0 spiro atoms. The summed E-state index contributed by atoms with van der Waals surface area (Å²) in [6.45, 7) is 6.21. The summed E-state index contributed by atoms with van der Waals surface area (Å²) < 4.78 is 19.3. The zero-order chi connectivity index (χ0) is 15.1. The second kappa shape index (κ2) is 8.61. The first-order valence-electron chi connectivity index (χ1n) is 7.59. The van der Waals surface area contributed by atoms with Gasteiger partial charge < -0.3 is 15.0 Å². The van der Waals surface area contributed by atoms with Gasteiger partial charge >= 0.3 is 0 Å². The molecule has 1 aromatic rings. The van der Waals surface area contributed by atoms with Gasteiger partial charge in [-0.05, 0) is 24.1 Å². The van der Waals surface area contributed by atoms with E-state index >= 15 is 0 Å². The lowest BCUT2D eigenvalue weighted by Crippen LogP contribution is -2.38. The molecule has 0 aromatic heterocycles. The highest BCUT2D eigenvalue weighted by Crippen LogP contribution is 2.28. The number of halogens is 1. The first kappa shape index (κ1) is 16.6. The Morgan fingerprint density at radius 1 is 1.48 bits per heavy atom. The van der Waals surface area contributed by atoms with Crippen LogP contribution >= 0.6 is 11.8 Å².